The van der Waals surface area contributed by atoms with E-state index in [2.05, 4.69) is 10.1 Å². The molecule has 1 N–H and O–H groups in total. The minimum atomic E-state index is -0.338. The van der Waals surface area contributed by atoms with Crippen LogP contribution in [0.1, 0.15) is 6.42 Å². The van der Waals surface area contributed by atoms with Gasteiger partial charge in [-0.25, -0.2) is 4.79 Å². The third kappa shape index (κ3) is 3.94. The summed E-state index contributed by atoms with van der Waals surface area (Å²) in [4.78, 5) is 10.6. The molecule has 1 heterocycles. The topological polar surface area (TPSA) is 47.6 Å². The van der Waals surface area contributed by atoms with Crippen molar-refractivity contribution in [3.63, 3.8) is 0 Å². The van der Waals surface area contributed by atoms with Crippen molar-refractivity contribution in [1.82, 2.24) is 5.32 Å². The first kappa shape index (κ1) is 10.1. The van der Waals surface area contributed by atoms with Crippen LogP contribution in [-0.4, -0.2) is 32.8 Å². The lowest BCUT2D eigenvalue weighted by molar-refractivity contribution is -0.134. The zero-order valence-corrected chi connectivity index (χ0v) is 7.79. The zero-order valence-electron chi connectivity index (χ0n) is 7.79. The number of rotatable bonds is 4. The Balaban J connectivity index is 2.05. The molecule has 74 valence electrons. The van der Waals surface area contributed by atoms with Crippen molar-refractivity contribution in [2.24, 2.45) is 5.92 Å². The van der Waals surface area contributed by atoms with Gasteiger partial charge in [0.15, 0.2) is 0 Å². The molecule has 4 heteroatoms. The van der Waals surface area contributed by atoms with Crippen LogP contribution in [0.3, 0.4) is 0 Å². The van der Waals surface area contributed by atoms with E-state index in [1.807, 2.05) is 0 Å². The van der Waals surface area contributed by atoms with E-state index in [9.17, 15) is 4.79 Å². The van der Waals surface area contributed by atoms with Crippen molar-refractivity contribution in [2.45, 2.75) is 6.42 Å². The van der Waals surface area contributed by atoms with Gasteiger partial charge in [0.2, 0.25) is 0 Å². The van der Waals surface area contributed by atoms with Gasteiger partial charge in [-0.05, 0) is 6.42 Å². The maximum Gasteiger partial charge on any atom is 0.331 e. The molecule has 1 unspecified atom stereocenters. The SMILES string of the molecule is COC(=O)/C=C/NCC1CCOC1. The Morgan fingerprint density at radius 3 is 3.23 bits per heavy atom. The second-order valence-corrected chi connectivity index (χ2v) is 2.99. The highest BCUT2D eigenvalue weighted by molar-refractivity contribution is 5.81. The van der Waals surface area contributed by atoms with Gasteiger partial charge in [0.25, 0.3) is 0 Å². The van der Waals surface area contributed by atoms with E-state index in [0.29, 0.717) is 5.92 Å². The van der Waals surface area contributed by atoms with E-state index in [1.165, 1.54) is 13.2 Å². The van der Waals surface area contributed by atoms with Crippen LogP contribution >= 0.6 is 0 Å². The number of nitrogens with one attached hydrogen (secondary N) is 1. The molecule has 1 aliphatic rings. The fourth-order valence-electron chi connectivity index (χ4n) is 1.17. The van der Waals surface area contributed by atoms with E-state index in [-0.39, 0.29) is 5.97 Å². The van der Waals surface area contributed by atoms with Crippen molar-refractivity contribution < 1.29 is 14.3 Å². The third-order valence-corrected chi connectivity index (χ3v) is 1.97. The van der Waals surface area contributed by atoms with Gasteiger partial charge in [-0.3, -0.25) is 0 Å². The fraction of sp³-hybridized carbons (Fsp3) is 0.667. The highest BCUT2D eigenvalue weighted by atomic mass is 16.5. The standard InChI is InChI=1S/C9H15NO3/c1-12-9(11)2-4-10-6-8-3-5-13-7-8/h2,4,8,10H,3,5-7H2,1H3/b4-2+. The van der Waals surface area contributed by atoms with Gasteiger partial charge in [-0.15, -0.1) is 0 Å². The van der Waals surface area contributed by atoms with Gasteiger partial charge >= 0.3 is 5.97 Å². The number of hydrogen-bond acceptors (Lipinski definition) is 4. The summed E-state index contributed by atoms with van der Waals surface area (Å²) in [5, 5.41) is 3.03. The number of carbonyl (C=O) groups is 1. The van der Waals surface area contributed by atoms with Gasteiger partial charge in [0.1, 0.15) is 0 Å². The molecule has 1 fully saturated rings. The van der Waals surface area contributed by atoms with Crippen LogP contribution in [0.5, 0.6) is 0 Å². The van der Waals surface area contributed by atoms with Gasteiger partial charge < -0.3 is 14.8 Å². The van der Waals surface area contributed by atoms with Crippen LogP contribution in [0.4, 0.5) is 0 Å². The summed E-state index contributed by atoms with van der Waals surface area (Å²) in [7, 11) is 1.36. The Hall–Kier alpha value is -1.03. The normalized spacial score (nSPS) is 22.1. The summed E-state index contributed by atoms with van der Waals surface area (Å²) in [5.74, 6) is 0.234. The molecular formula is C9H15NO3. The summed E-state index contributed by atoms with van der Waals surface area (Å²) in [6.07, 6.45) is 4.08. The zero-order chi connectivity index (χ0) is 9.52. The van der Waals surface area contributed by atoms with Crippen LogP contribution < -0.4 is 5.32 Å². The lowest BCUT2D eigenvalue weighted by Gasteiger charge is -2.05. The molecule has 13 heavy (non-hydrogen) atoms. The molecule has 0 saturated carbocycles. The van der Waals surface area contributed by atoms with E-state index >= 15 is 0 Å². The van der Waals surface area contributed by atoms with Crippen LogP contribution in [0, 0.1) is 5.92 Å². The summed E-state index contributed by atoms with van der Waals surface area (Å²) >= 11 is 0. The Kier molecular flexibility index (Phi) is 4.32. The number of carbonyl (C=O) groups excluding carboxylic acids is 1. The smallest absolute Gasteiger partial charge is 0.331 e. The first-order valence-electron chi connectivity index (χ1n) is 4.38. The largest absolute Gasteiger partial charge is 0.466 e. The highest BCUT2D eigenvalue weighted by Gasteiger charge is 2.13. The Morgan fingerprint density at radius 2 is 2.62 bits per heavy atom. The average molecular weight is 185 g/mol. The maximum absolute atomic E-state index is 10.6. The predicted molar refractivity (Wildman–Crippen MR) is 48.1 cm³/mol. The van der Waals surface area contributed by atoms with Gasteiger partial charge in [-0.1, -0.05) is 0 Å². The van der Waals surface area contributed by atoms with Gasteiger partial charge in [-0.2, -0.15) is 0 Å². The third-order valence-electron chi connectivity index (χ3n) is 1.97. The van der Waals surface area contributed by atoms with Crippen molar-refractivity contribution in [1.29, 1.82) is 0 Å². The Labute approximate surface area is 77.9 Å². The molecule has 0 spiro atoms. The summed E-state index contributed by atoms with van der Waals surface area (Å²) < 4.78 is 9.63. The van der Waals surface area contributed by atoms with Gasteiger partial charge in [0.05, 0.1) is 13.7 Å². The summed E-state index contributed by atoms with van der Waals surface area (Å²) in [5.41, 5.74) is 0. The van der Waals surface area contributed by atoms with E-state index < -0.39 is 0 Å². The van der Waals surface area contributed by atoms with Crippen LogP contribution in [-0.2, 0) is 14.3 Å². The average Bonchev–Trinajstić information content (AvgIpc) is 2.64. The van der Waals surface area contributed by atoms with Crippen LogP contribution in [0.25, 0.3) is 0 Å². The second kappa shape index (κ2) is 5.59. The molecule has 0 aliphatic carbocycles. The van der Waals surface area contributed by atoms with Crippen molar-refractivity contribution in [3.05, 3.63) is 12.3 Å². The molecular weight excluding hydrogens is 170 g/mol. The molecule has 0 amide bonds. The molecule has 0 radical (unpaired) electrons. The number of hydrogen-bond donors (Lipinski definition) is 1. The maximum atomic E-state index is 10.6. The van der Waals surface area contributed by atoms with E-state index in [1.54, 1.807) is 6.20 Å². The van der Waals surface area contributed by atoms with Crippen molar-refractivity contribution in [2.75, 3.05) is 26.9 Å². The lowest BCUT2D eigenvalue weighted by Crippen LogP contribution is -2.18. The minimum Gasteiger partial charge on any atom is -0.466 e. The molecule has 0 aromatic carbocycles. The molecule has 0 aromatic heterocycles. The Morgan fingerprint density at radius 1 is 1.77 bits per heavy atom. The van der Waals surface area contributed by atoms with Gasteiger partial charge in [0, 0.05) is 31.3 Å². The molecule has 4 nitrogen and oxygen atoms in total. The highest BCUT2D eigenvalue weighted by Crippen LogP contribution is 2.10. The van der Waals surface area contributed by atoms with E-state index in [4.69, 9.17) is 4.74 Å². The van der Waals surface area contributed by atoms with E-state index in [0.717, 1.165) is 26.2 Å². The first-order chi connectivity index (χ1) is 6.33. The number of ether oxygens (including phenoxy) is 2. The fourth-order valence-corrected chi connectivity index (χ4v) is 1.17. The van der Waals surface area contributed by atoms with Crippen LogP contribution in [0.2, 0.25) is 0 Å². The quantitative estimate of drug-likeness (QED) is 0.505. The number of methoxy groups -OCH3 is 1. The molecule has 0 bridgehead atoms. The second-order valence-electron chi connectivity index (χ2n) is 2.99. The summed E-state index contributed by atoms with van der Waals surface area (Å²) in [6, 6.07) is 0. The molecule has 1 saturated heterocycles. The monoisotopic (exact) mass is 185 g/mol. The van der Waals surface area contributed by atoms with Crippen LogP contribution in [0.15, 0.2) is 12.3 Å². The Bertz CT molecular complexity index is 185. The summed E-state index contributed by atoms with van der Waals surface area (Å²) in [6.45, 7) is 2.53. The molecule has 1 aliphatic heterocycles. The minimum absolute atomic E-state index is 0.338. The predicted octanol–water partition coefficient (Wildman–Crippen LogP) is 0.299. The first-order valence-corrected chi connectivity index (χ1v) is 4.38. The number of esters is 1. The lowest BCUT2D eigenvalue weighted by atomic mass is 10.1. The van der Waals surface area contributed by atoms with Crippen molar-refractivity contribution in [3.8, 4) is 0 Å². The molecule has 1 rings (SSSR count). The molecule has 1 atom stereocenters. The van der Waals surface area contributed by atoms with Crippen molar-refractivity contribution >= 4 is 5.97 Å². The molecule has 0 aromatic rings.